The minimum absolute atomic E-state index is 0.148. The number of amides is 1. The highest BCUT2D eigenvalue weighted by atomic mass is 32.1. The number of piperidine rings is 1. The van der Waals surface area contributed by atoms with Gasteiger partial charge in [0, 0.05) is 19.2 Å². The highest BCUT2D eigenvalue weighted by Crippen LogP contribution is 2.56. The van der Waals surface area contributed by atoms with Gasteiger partial charge >= 0.3 is 0 Å². The van der Waals surface area contributed by atoms with E-state index in [9.17, 15) is 4.79 Å². The molecular weight excluding hydrogens is 308 g/mol. The standard InChI is InChI=1S/C18H26N2O2S/c21-17(10-15-2-1-8-22-15)20(12-14-3-9-23-13-14)16-11-18(16)4-6-19-7-5-18/h3,9,13,15-16,19H,1-2,4-8,10-12H2. The number of nitrogens with zero attached hydrogens (tertiary/aromatic N) is 1. The minimum atomic E-state index is 0.148. The molecule has 126 valence electrons. The maximum absolute atomic E-state index is 13.0. The van der Waals surface area contributed by atoms with Crippen LogP contribution in [0.1, 0.15) is 44.1 Å². The molecular formula is C18H26N2O2S. The molecule has 1 saturated carbocycles. The zero-order valence-electron chi connectivity index (χ0n) is 13.6. The van der Waals surface area contributed by atoms with Crippen molar-refractivity contribution < 1.29 is 9.53 Å². The third kappa shape index (κ3) is 3.32. The lowest BCUT2D eigenvalue weighted by Gasteiger charge is -2.30. The fraction of sp³-hybridized carbons (Fsp3) is 0.722. The van der Waals surface area contributed by atoms with Crippen LogP contribution in [0.5, 0.6) is 0 Å². The van der Waals surface area contributed by atoms with Gasteiger partial charge in [-0.05, 0) is 73.0 Å². The Morgan fingerprint density at radius 3 is 3.00 bits per heavy atom. The van der Waals surface area contributed by atoms with Crippen molar-refractivity contribution in [2.45, 2.75) is 57.2 Å². The first kappa shape index (κ1) is 15.6. The van der Waals surface area contributed by atoms with Gasteiger partial charge in [0.25, 0.3) is 0 Å². The van der Waals surface area contributed by atoms with Gasteiger partial charge < -0.3 is 15.0 Å². The molecule has 3 heterocycles. The van der Waals surface area contributed by atoms with Crippen molar-refractivity contribution in [3.05, 3.63) is 22.4 Å². The van der Waals surface area contributed by atoms with Gasteiger partial charge in [0.1, 0.15) is 0 Å². The Kier molecular flexibility index (Phi) is 4.43. The quantitative estimate of drug-likeness (QED) is 0.900. The largest absolute Gasteiger partial charge is 0.378 e. The number of nitrogens with one attached hydrogen (secondary N) is 1. The number of thiophene rings is 1. The monoisotopic (exact) mass is 334 g/mol. The Balaban J connectivity index is 1.46. The summed E-state index contributed by atoms with van der Waals surface area (Å²) in [7, 11) is 0. The van der Waals surface area contributed by atoms with E-state index in [1.807, 2.05) is 0 Å². The summed E-state index contributed by atoms with van der Waals surface area (Å²) in [4.78, 5) is 15.1. The molecule has 3 aliphatic rings. The second-order valence-electron chi connectivity index (χ2n) is 7.32. The summed E-state index contributed by atoms with van der Waals surface area (Å²) in [5, 5.41) is 7.72. The molecule has 4 nitrogen and oxygen atoms in total. The van der Waals surface area contributed by atoms with Gasteiger partial charge in [-0.2, -0.15) is 11.3 Å². The molecule has 0 aromatic carbocycles. The number of ether oxygens (including phenoxy) is 1. The van der Waals surface area contributed by atoms with Crippen molar-refractivity contribution in [3.8, 4) is 0 Å². The molecule has 3 fully saturated rings. The van der Waals surface area contributed by atoms with Crippen LogP contribution in [0.4, 0.5) is 0 Å². The summed E-state index contributed by atoms with van der Waals surface area (Å²) in [5.41, 5.74) is 1.67. The predicted octanol–water partition coefficient (Wildman–Crippen LogP) is 2.79. The molecule has 4 rings (SSSR count). The average molecular weight is 334 g/mol. The van der Waals surface area contributed by atoms with Gasteiger partial charge in [0.15, 0.2) is 0 Å². The first-order chi connectivity index (χ1) is 11.3. The third-order valence-corrected chi connectivity index (χ3v) is 6.53. The first-order valence-corrected chi connectivity index (χ1v) is 9.84. The smallest absolute Gasteiger partial charge is 0.225 e. The lowest BCUT2D eigenvalue weighted by atomic mass is 9.93. The van der Waals surface area contributed by atoms with Crippen LogP contribution in [0.3, 0.4) is 0 Å². The van der Waals surface area contributed by atoms with Crippen LogP contribution in [0.2, 0.25) is 0 Å². The van der Waals surface area contributed by atoms with E-state index >= 15 is 0 Å². The van der Waals surface area contributed by atoms with Crippen LogP contribution in [-0.2, 0) is 16.1 Å². The predicted molar refractivity (Wildman–Crippen MR) is 91.4 cm³/mol. The molecule has 0 radical (unpaired) electrons. The van der Waals surface area contributed by atoms with E-state index in [2.05, 4.69) is 27.0 Å². The van der Waals surface area contributed by atoms with Gasteiger partial charge in [-0.25, -0.2) is 0 Å². The normalized spacial score (nSPS) is 28.9. The summed E-state index contributed by atoms with van der Waals surface area (Å²) in [6.07, 6.45) is 6.47. The molecule has 1 spiro atoms. The highest BCUT2D eigenvalue weighted by molar-refractivity contribution is 7.07. The maximum Gasteiger partial charge on any atom is 0.225 e. The lowest BCUT2D eigenvalue weighted by Crippen LogP contribution is -2.40. The van der Waals surface area contributed by atoms with Crippen LogP contribution in [0.15, 0.2) is 16.8 Å². The van der Waals surface area contributed by atoms with Crippen molar-refractivity contribution in [1.29, 1.82) is 0 Å². The fourth-order valence-corrected chi connectivity index (χ4v) is 4.96. The Morgan fingerprint density at radius 1 is 1.43 bits per heavy atom. The number of hydrogen-bond acceptors (Lipinski definition) is 4. The molecule has 2 aliphatic heterocycles. The highest BCUT2D eigenvalue weighted by Gasteiger charge is 2.57. The SMILES string of the molecule is O=C(CC1CCCO1)N(Cc1ccsc1)C1CC12CCNCC2. The van der Waals surface area contributed by atoms with Crippen molar-refractivity contribution in [1.82, 2.24) is 10.2 Å². The minimum Gasteiger partial charge on any atom is -0.378 e. The molecule has 1 aliphatic carbocycles. The molecule has 1 amide bonds. The molecule has 2 atom stereocenters. The van der Waals surface area contributed by atoms with Gasteiger partial charge in [-0.3, -0.25) is 4.79 Å². The van der Waals surface area contributed by atoms with Crippen LogP contribution in [0.25, 0.3) is 0 Å². The van der Waals surface area contributed by atoms with Gasteiger partial charge in [0.05, 0.1) is 12.5 Å². The summed E-state index contributed by atoms with van der Waals surface area (Å²) >= 11 is 1.71. The zero-order valence-corrected chi connectivity index (χ0v) is 14.4. The molecule has 1 aromatic heterocycles. The van der Waals surface area contributed by atoms with E-state index in [0.29, 0.717) is 23.8 Å². The fourth-order valence-electron chi connectivity index (χ4n) is 4.30. The lowest BCUT2D eigenvalue weighted by molar-refractivity contribution is -0.135. The summed E-state index contributed by atoms with van der Waals surface area (Å²) in [5.74, 6) is 0.295. The van der Waals surface area contributed by atoms with Gasteiger partial charge in [0.2, 0.25) is 5.91 Å². The molecule has 2 saturated heterocycles. The van der Waals surface area contributed by atoms with E-state index < -0.39 is 0 Å². The van der Waals surface area contributed by atoms with Crippen molar-refractivity contribution in [2.24, 2.45) is 5.41 Å². The van der Waals surface area contributed by atoms with Crippen molar-refractivity contribution in [2.75, 3.05) is 19.7 Å². The maximum atomic E-state index is 13.0. The van der Waals surface area contributed by atoms with Crippen LogP contribution >= 0.6 is 11.3 Å². The number of carbonyl (C=O) groups excluding carboxylic acids is 1. The zero-order chi connectivity index (χ0) is 15.7. The second kappa shape index (κ2) is 6.54. The molecule has 5 heteroatoms. The number of carbonyl (C=O) groups is 1. The topological polar surface area (TPSA) is 41.6 Å². The van der Waals surface area contributed by atoms with Crippen LogP contribution in [0, 0.1) is 5.41 Å². The Bertz CT molecular complexity index is 533. The summed E-state index contributed by atoms with van der Waals surface area (Å²) in [6, 6.07) is 2.59. The van der Waals surface area contributed by atoms with Crippen molar-refractivity contribution >= 4 is 17.2 Å². The molecule has 23 heavy (non-hydrogen) atoms. The number of hydrogen-bond donors (Lipinski definition) is 1. The molecule has 0 bridgehead atoms. The van der Waals surface area contributed by atoms with Gasteiger partial charge in [-0.1, -0.05) is 0 Å². The summed E-state index contributed by atoms with van der Waals surface area (Å²) < 4.78 is 5.69. The van der Waals surface area contributed by atoms with Crippen molar-refractivity contribution in [3.63, 3.8) is 0 Å². The number of rotatable bonds is 5. The Hall–Kier alpha value is -0.910. The van der Waals surface area contributed by atoms with Crippen LogP contribution < -0.4 is 5.32 Å². The second-order valence-corrected chi connectivity index (χ2v) is 8.10. The Morgan fingerprint density at radius 2 is 2.30 bits per heavy atom. The average Bonchev–Trinajstić information content (AvgIpc) is 2.99. The Labute approximate surface area is 142 Å². The first-order valence-electron chi connectivity index (χ1n) is 8.90. The molecule has 2 unspecified atom stereocenters. The van der Waals surface area contributed by atoms with Gasteiger partial charge in [-0.15, -0.1) is 0 Å². The summed E-state index contributed by atoms with van der Waals surface area (Å²) in [6.45, 7) is 3.79. The van der Waals surface area contributed by atoms with E-state index in [1.165, 1.54) is 24.8 Å². The van der Waals surface area contributed by atoms with E-state index in [-0.39, 0.29) is 6.10 Å². The molecule has 1 aromatic rings. The van der Waals surface area contributed by atoms with Crippen LogP contribution in [-0.4, -0.2) is 42.6 Å². The van der Waals surface area contributed by atoms with E-state index in [4.69, 9.17) is 4.74 Å². The van der Waals surface area contributed by atoms with E-state index in [0.717, 1.165) is 39.1 Å². The van der Waals surface area contributed by atoms with E-state index in [1.54, 1.807) is 11.3 Å². The third-order valence-electron chi connectivity index (χ3n) is 5.80. The molecule has 1 N–H and O–H groups in total.